The summed E-state index contributed by atoms with van der Waals surface area (Å²) in [7, 11) is 0. The molecule has 0 spiro atoms. The fourth-order valence-electron chi connectivity index (χ4n) is 5.75. The molecule has 222 valence electrons. The highest BCUT2D eigenvalue weighted by Gasteiger charge is 2.41. The van der Waals surface area contributed by atoms with E-state index in [0.717, 1.165) is 30.8 Å². The molecule has 0 amide bonds. The molecule has 10 heteroatoms. The SMILES string of the molecule is O=C(O)c1cccc2c1OC(c1ccc(OCCN3CCCCC3)cc1)c1c-2ccc2cc(OC(=O)C(F)(F)F)ccc12. The quantitative estimate of drug-likeness (QED) is 0.183. The van der Waals surface area contributed by atoms with Gasteiger partial charge in [0.2, 0.25) is 0 Å². The second kappa shape index (κ2) is 11.6. The van der Waals surface area contributed by atoms with Crippen LogP contribution in [0.3, 0.4) is 0 Å². The van der Waals surface area contributed by atoms with Crippen molar-refractivity contribution in [2.45, 2.75) is 31.5 Å². The number of likely N-dealkylation sites (tertiary alicyclic amines) is 1. The number of carbonyl (C=O) groups is 2. The predicted octanol–water partition coefficient (Wildman–Crippen LogP) is 7.02. The molecule has 1 atom stereocenters. The summed E-state index contributed by atoms with van der Waals surface area (Å²) in [5, 5.41) is 11.0. The van der Waals surface area contributed by atoms with Crippen LogP contribution in [-0.2, 0) is 4.79 Å². The summed E-state index contributed by atoms with van der Waals surface area (Å²) >= 11 is 0. The molecule has 7 nitrogen and oxygen atoms in total. The number of esters is 1. The first-order valence-corrected chi connectivity index (χ1v) is 14.0. The van der Waals surface area contributed by atoms with Gasteiger partial charge < -0.3 is 19.3 Å². The summed E-state index contributed by atoms with van der Waals surface area (Å²) in [6.07, 6.45) is -2.18. The van der Waals surface area contributed by atoms with E-state index in [1.165, 1.54) is 37.5 Å². The van der Waals surface area contributed by atoms with Crippen LogP contribution in [0.1, 0.15) is 46.9 Å². The Morgan fingerprint density at radius 2 is 1.65 bits per heavy atom. The zero-order valence-corrected chi connectivity index (χ0v) is 23.0. The molecular weight excluding hydrogens is 563 g/mol. The number of piperidine rings is 1. The number of rotatable bonds is 7. The van der Waals surface area contributed by atoms with Crippen molar-refractivity contribution >= 4 is 22.7 Å². The number of alkyl halides is 3. The van der Waals surface area contributed by atoms with Gasteiger partial charge in [0.15, 0.2) is 6.10 Å². The van der Waals surface area contributed by atoms with Crippen LogP contribution in [-0.4, -0.2) is 54.4 Å². The van der Waals surface area contributed by atoms with Gasteiger partial charge in [-0.15, -0.1) is 0 Å². The first kappa shape index (κ1) is 28.5. The third-order valence-corrected chi connectivity index (χ3v) is 7.82. The van der Waals surface area contributed by atoms with Gasteiger partial charge in [0.1, 0.15) is 29.4 Å². The van der Waals surface area contributed by atoms with Crippen LogP contribution in [0.15, 0.2) is 72.8 Å². The number of hydrogen-bond donors (Lipinski definition) is 1. The highest BCUT2D eigenvalue weighted by atomic mass is 19.4. The maximum atomic E-state index is 12.8. The Bertz CT molecular complexity index is 1680. The summed E-state index contributed by atoms with van der Waals surface area (Å²) < 4.78 is 55.3. The van der Waals surface area contributed by atoms with Crippen molar-refractivity contribution in [1.29, 1.82) is 0 Å². The maximum Gasteiger partial charge on any atom is 0.491 e. The Balaban J connectivity index is 1.35. The van der Waals surface area contributed by atoms with Gasteiger partial charge in [-0.2, -0.15) is 13.2 Å². The van der Waals surface area contributed by atoms with E-state index < -0.39 is 24.2 Å². The van der Waals surface area contributed by atoms with Gasteiger partial charge in [-0.05, 0) is 78.2 Å². The highest BCUT2D eigenvalue weighted by molar-refractivity contribution is 5.99. The number of carbonyl (C=O) groups excluding carboxylic acids is 1. The van der Waals surface area contributed by atoms with Gasteiger partial charge in [0.05, 0.1) is 0 Å². The van der Waals surface area contributed by atoms with Gasteiger partial charge in [-0.25, -0.2) is 9.59 Å². The molecule has 0 radical (unpaired) electrons. The van der Waals surface area contributed by atoms with E-state index in [1.807, 2.05) is 24.3 Å². The lowest BCUT2D eigenvalue weighted by Crippen LogP contribution is -2.33. The van der Waals surface area contributed by atoms with Crippen LogP contribution in [0.5, 0.6) is 17.2 Å². The molecule has 4 aromatic carbocycles. The van der Waals surface area contributed by atoms with Gasteiger partial charge >= 0.3 is 18.1 Å². The standard InChI is InChI=1S/C33H28F3NO6/c34-33(35,36)32(40)42-23-12-14-24-21(19-23)9-13-25-26-5-4-6-27(31(38)39)30(26)43-29(28(24)25)20-7-10-22(11-8-20)41-18-17-37-15-2-1-3-16-37/h4-14,19,29H,1-3,15-18H2,(H,38,39). The van der Waals surface area contributed by atoms with E-state index in [2.05, 4.69) is 9.64 Å². The van der Waals surface area contributed by atoms with Crippen LogP contribution in [0.25, 0.3) is 21.9 Å². The third kappa shape index (κ3) is 5.87. The van der Waals surface area contributed by atoms with Crippen molar-refractivity contribution in [2.75, 3.05) is 26.2 Å². The molecule has 6 rings (SSSR count). The Kier molecular flexibility index (Phi) is 7.70. The number of fused-ring (bicyclic) bond motifs is 5. The Morgan fingerprint density at radius 3 is 2.37 bits per heavy atom. The number of hydrogen-bond acceptors (Lipinski definition) is 6. The van der Waals surface area contributed by atoms with Crippen LogP contribution in [0, 0.1) is 0 Å². The van der Waals surface area contributed by atoms with E-state index >= 15 is 0 Å². The summed E-state index contributed by atoms with van der Waals surface area (Å²) in [6.45, 7) is 3.58. The molecule has 2 aliphatic rings. The van der Waals surface area contributed by atoms with Crippen molar-refractivity contribution in [3.8, 4) is 28.4 Å². The molecule has 43 heavy (non-hydrogen) atoms. The second-order valence-electron chi connectivity index (χ2n) is 10.6. The van der Waals surface area contributed by atoms with E-state index in [1.54, 1.807) is 30.3 Å². The predicted molar refractivity (Wildman–Crippen MR) is 153 cm³/mol. The van der Waals surface area contributed by atoms with Gasteiger partial charge in [-0.3, -0.25) is 4.90 Å². The number of aromatic carboxylic acids is 1. The van der Waals surface area contributed by atoms with E-state index in [-0.39, 0.29) is 17.1 Å². The molecular formula is C33H28F3NO6. The van der Waals surface area contributed by atoms with Gasteiger partial charge in [-0.1, -0.05) is 48.9 Å². The van der Waals surface area contributed by atoms with Crippen LogP contribution < -0.4 is 14.2 Å². The smallest absolute Gasteiger partial charge is 0.491 e. The molecule has 4 aromatic rings. The molecule has 1 N–H and O–H groups in total. The number of halogens is 3. The summed E-state index contributed by atoms with van der Waals surface area (Å²) in [5.74, 6) is -2.77. The van der Waals surface area contributed by atoms with Crippen molar-refractivity contribution in [2.24, 2.45) is 0 Å². The number of para-hydroxylation sites is 1. The Hall–Kier alpha value is -4.57. The van der Waals surface area contributed by atoms with Gasteiger partial charge in [0.25, 0.3) is 0 Å². The highest BCUT2D eigenvalue weighted by Crippen LogP contribution is 2.49. The molecule has 0 aliphatic carbocycles. The fraction of sp³-hybridized carbons (Fsp3) is 0.273. The molecule has 0 saturated carbocycles. The van der Waals surface area contributed by atoms with E-state index in [0.29, 0.717) is 34.3 Å². The lowest BCUT2D eigenvalue weighted by Gasteiger charge is -2.31. The van der Waals surface area contributed by atoms with E-state index in [9.17, 15) is 27.9 Å². The monoisotopic (exact) mass is 591 g/mol. The zero-order valence-electron chi connectivity index (χ0n) is 23.0. The van der Waals surface area contributed by atoms with Crippen LogP contribution >= 0.6 is 0 Å². The molecule has 2 heterocycles. The second-order valence-corrected chi connectivity index (χ2v) is 10.6. The topological polar surface area (TPSA) is 85.3 Å². The average molecular weight is 592 g/mol. The van der Waals surface area contributed by atoms with Crippen LogP contribution in [0.2, 0.25) is 0 Å². The average Bonchev–Trinajstić information content (AvgIpc) is 3.00. The lowest BCUT2D eigenvalue weighted by molar-refractivity contribution is -0.189. The summed E-state index contributed by atoms with van der Waals surface area (Å²) in [4.78, 5) is 25.9. The first-order chi connectivity index (χ1) is 20.7. The maximum absolute atomic E-state index is 12.8. The Labute approximate surface area is 245 Å². The van der Waals surface area contributed by atoms with Crippen molar-refractivity contribution < 1.29 is 42.1 Å². The number of ether oxygens (including phenoxy) is 3. The molecule has 0 bridgehead atoms. The van der Waals surface area contributed by atoms with Crippen LogP contribution in [0.4, 0.5) is 13.2 Å². The molecule has 2 aliphatic heterocycles. The van der Waals surface area contributed by atoms with Crippen molar-refractivity contribution in [3.63, 3.8) is 0 Å². The molecule has 1 saturated heterocycles. The number of benzene rings is 4. The number of carboxylic acids is 1. The zero-order chi connectivity index (χ0) is 30.1. The largest absolute Gasteiger partial charge is 0.492 e. The van der Waals surface area contributed by atoms with Crippen molar-refractivity contribution in [3.05, 3.63) is 89.5 Å². The lowest BCUT2D eigenvalue weighted by atomic mass is 9.85. The third-order valence-electron chi connectivity index (χ3n) is 7.82. The Morgan fingerprint density at radius 1 is 0.907 bits per heavy atom. The fourth-order valence-corrected chi connectivity index (χ4v) is 5.75. The van der Waals surface area contributed by atoms with Crippen molar-refractivity contribution in [1.82, 2.24) is 4.90 Å². The number of carboxylic acid groups (broad SMARTS) is 1. The molecule has 1 unspecified atom stereocenters. The number of nitrogens with zero attached hydrogens (tertiary/aromatic N) is 1. The summed E-state index contributed by atoms with van der Waals surface area (Å²) in [5.41, 5.74) is 2.76. The van der Waals surface area contributed by atoms with Gasteiger partial charge in [0, 0.05) is 17.7 Å². The van der Waals surface area contributed by atoms with E-state index in [4.69, 9.17) is 9.47 Å². The molecule has 0 aromatic heterocycles. The normalized spacial score (nSPS) is 16.6. The minimum Gasteiger partial charge on any atom is -0.492 e. The minimum absolute atomic E-state index is 0.0142. The molecule has 1 fully saturated rings. The first-order valence-electron chi connectivity index (χ1n) is 14.0. The summed E-state index contributed by atoms with van der Waals surface area (Å²) in [6, 6.07) is 20.0. The minimum atomic E-state index is -5.13.